The maximum atomic E-state index is 3.97. The highest BCUT2D eigenvalue weighted by atomic mass is 15.1. The van der Waals surface area contributed by atoms with E-state index in [1.54, 1.807) is 19.3 Å². The molecule has 0 radical (unpaired) electrons. The maximum absolute atomic E-state index is 3.97. The van der Waals surface area contributed by atoms with Crippen LogP contribution in [0.2, 0.25) is 0 Å². The van der Waals surface area contributed by atoms with Crippen LogP contribution in [0, 0.1) is 34.5 Å². The van der Waals surface area contributed by atoms with Gasteiger partial charge in [0.05, 0.1) is 0 Å². The SMILES string of the molecule is CC(C1NC2CCC13CC23)C12CC1C2C. The molecule has 1 heteroatoms. The molecule has 0 aromatic heterocycles. The molecule has 4 aliphatic carbocycles. The second kappa shape index (κ2) is 1.92. The topological polar surface area (TPSA) is 12.0 Å². The van der Waals surface area contributed by atoms with Gasteiger partial charge in [-0.25, -0.2) is 0 Å². The zero-order chi connectivity index (χ0) is 10.00. The highest BCUT2D eigenvalue weighted by molar-refractivity contribution is 5.32. The van der Waals surface area contributed by atoms with Crippen LogP contribution in [-0.4, -0.2) is 12.1 Å². The number of fused-ring (bicyclic) bond motifs is 1. The van der Waals surface area contributed by atoms with Gasteiger partial charge >= 0.3 is 0 Å². The van der Waals surface area contributed by atoms with Gasteiger partial charge in [0.1, 0.15) is 0 Å². The van der Waals surface area contributed by atoms with Crippen LogP contribution >= 0.6 is 0 Å². The minimum atomic E-state index is 0.814. The zero-order valence-electron chi connectivity index (χ0n) is 9.79. The fraction of sp³-hybridized carbons (Fsp3) is 1.00. The van der Waals surface area contributed by atoms with E-state index >= 15 is 0 Å². The van der Waals surface area contributed by atoms with E-state index in [1.807, 2.05) is 0 Å². The Hall–Kier alpha value is -0.0400. The van der Waals surface area contributed by atoms with E-state index in [9.17, 15) is 0 Å². The Morgan fingerprint density at radius 3 is 2.47 bits per heavy atom. The van der Waals surface area contributed by atoms with Crippen LogP contribution in [0.1, 0.15) is 39.5 Å². The molecular formula is C14H21N. The summed E-state index contributed by atoms with van der Waals surface area (Å²) in [7, 11) is 0. The molecule has 5 rings (SSSR count). The van der Waals surface area contributed by atoms with Crippen molar-refractivity contribution < 1.29 is 0 Å². The van der Waals surface area contributed by atoms with Gasteiger partial charge in [-0.3, -0.25) is 0 Å². The lowest BCUT2D eigenvalue weighted by molar-refractivity contribution is 0.182. The first-order valence-electron chi connectivity index (χ1n) is 6.96. The minimum Gasteiger partial charge on any atom is -0.310 e. The van der Waals surface area contributed by atoms with Gasteiger partial charge in [0.25, 0.3) is 0 Å². The highest BCUT2D eigenvalue weighted by Crippen LogP contribution is 2.85. The highest BCUT2D eigenvalue weighted by Gasteiger charge is 2.82. The Morgan fingerprint density at radius 1 is 1.27 bits per heavy atom. The van der Waals surface area contributed by atoms with Crippen molar-refractivity contribution in [2.24, 2.45) is 34.5 Å². The lowest BCUT2D eigenvalue weighted by Gasteiger charge is -2.36. The third-order valence-corrected chi connectivity index (χ3v) is 7.39. The van der Waals surface area contributed by atoms with Crippen LogP contribution in [0.5, 0.6) is 0 Å². The average Bonchev–Trinajstić information content (AvgIpc) is 3.19. The van der Waals surface area contributed by atoms with Crippen molar-refractivity contribution in [3.63, 3.8) is 0 Å². The van der Waals surface area contributed by atoms with Gasteiger partial charge in [-0.05, 0) is 60.2 Å². The van der Waals surface area contributed by atoms with E-state index in [0.29, 0.717) is 0 Å². The van der Waals surface area contributed by atoms with Crippen molar-refractivity contribution in [3.8, 4) is 0 Å². The van der Waals surface area contributed by atoms with Gasteiger partial charge in [-0.1, -0.05) is 13.8 Å². The molecule has 1 saturated heterocycles. The monoisotopic (exact) mass is 203 g/mol. The molecule has 0 aromatic carbocycles. The Balaban J connectivity index is 1.48. The molecule has 5 aliphatic rings. The van der Waals surface area contributed by atoms with Crippen LogP contribution in [0.15, 0.2) is 0 Å². The summed E-state index contributed by atoms with van der Waals surface area (Å²) in [5, 5.41) is 3.97. The van der Waals surface area contributed by atoms with Gasteiger partial charge in [0.15, 0.2) is 0 Å². The fourth-order valence-electron chi connectivity index (χ4n) is 6.09. The van der Waals surface area contributed by atoms with E-state index in [0.717, 1.165) is 46.6 Å². The maximum Gasteiger partial charge on any atom is 0.0161 e. The molecule has 5 fully saturated rings. The van der Waals surface area contributed by atoms with Gasteiger partial charge in [0, 0.05) is 12.1 Å². The fourth-order valence-corrected chi connectivity index (χ4v) is 6.09. The van der Waals surface area contributed by atoms with E-state index in [-0.39, 0.29) is 0 Å². The number of nitrogens with one attached hydrogen (secondary N) is 1. The number of hydrogen-bond donors (Lipinski definition) is 1. The van der Waals surface area contributed by atoms with Crippen molar-refractivity contribution in [2.75, 3.05) is 0 Å². The third kappa shape index (κ3) is 0.638. The lowest BCUT2D eigenvalue weighted by Crippen LogP contribution is -2.46. The molecule has 1 N–H and O–H groups in total. The summed E-state index contributed by atoms with van der Waals surface area (Å²) in [6.07, 6.45) is 6.19. The summed E-state index contributed by atoms with van der Waals surface area (Å²) in [5.74, 6) is 4.30. The molecule has 8 unspecified atom stereocenters. The van der Waals surface area contributed by atoms with Crippen LogP contribution in [0.4, 0.5) is 0 Å². The van der Waals surface area contributed by atoms with Crippen LogP contribution in [0.3, 0.4) is 0 Å². The molecular weight excluding hydrogens is 182 g/mol. The van der Waals surface area contributed by atoms with Crippen molar-refractivity contribution in [1.82, 2.24) is 5.32 Å². The van der Waals surface area contributed by atoms with E-state index in [2.05, 4.69) is 19.2 Å². The number of piperidine rings is 2. The van der Waals surface area contributed by atoms with Crippen molar-refractivity contribution >= 4 is 0 Å². The Labute approximate surface area is 92.0 Å². The number of rotatable bonds is 2. The first-order valence-corrected chi connectivity index (χ1v) is 6.96. The third-order valence-electron chi connectivity index (χ3n) is 7.39. The molecule has 0 amide bonds. The summed E-state index contributed by atoms with van der Waals surface area (Å²) in [6.45, 7) is 5.05. The standard InChI is InChI=1S/C14H21N/c1-7-9-6-14(7,9)8(2)12-13-4-3-11(15-12)10(13)5-13/h7-12,15H,3-6H2,1-2H3. The molecule has 8 atom stereocenters. The molecule has 82 valence electrons. The second-order valence-corrected chi connectivity index (χ2v) is 7.33. The minimum absolute atomic E-state index is 0.814. The van der Waals surface area contributed by atoms with Crippen LogP contribution in [-0.2, 0) is 0 Å². The molecule has 4 saturated carbocycles. The Kier molecular flexibility index (Phi) is 1.04. The summed E-state index contributed by atoms with van der Waals surface area (Å²) < 4.78 is 0. The van der Waals surface area contributed by atoms with Crippen LogP contribution in [0.25, 0.3) is 0 Å². The summed E-state index contributed by atoms with van der Waals surface area (Å²) in [6, 6.07) is 1.84. The van der Waals surface area contributed by atoms with E-state index in [1.165, 1.54) is 6.42 Å². The smallest absolute Gasteiger partial charge is 0.0161 e. The Morgan fingerprint density at radius 2 is 2.07 bits per heavy atom. The molecule has 15 heavy (non-hydrogen) atoms. The van der Waals surface area contributed by atoms with Crippen molar-refractivity contribution in [1.29, 1.82) is 0 Å². The van der Waals surface area contributed by atoms with Gasteiger partial charge < -0.3 is 5.32 Å². The first-order chi connectivity index (χ1) is 7.20. The molecule has 0 aromatic rings. The van der Waals surface area contributed by atoms with Crippen LogP contribution < -0.4 is 5.32 Å². The van der Waals surface area contributed by atoms with Gasteiger partial charge in [-0.15, -0.1) is 0 Å². The number of hydrogen-bond acceptors (Lipinski definition) is 1. The molecule has 1 nitrogen and oxygen atoms in total. The Bertz CT molecular complexity index is 358. The largest absolute Gasteiger partial charge is 0.310 e. The summed E-state index contributed by atoms with van der Waals surface area (Å²) in [4.78, 5) is 0. The molecule has 0 spiro atoms. The molecule has 1 aliphatic heterocycles. The van der Waals surface area contributed by atoms with Gasteiger partial charge in [0.2, 0.25) is 0 Å². The second-order valence-electron chi connectivity index (χ2n) is 7.33. The van der Waals surface area contributed by atoms with Crippen molar-refractivity contribution in [3.05, 3.63) is 0 Å². The lowest BCUT2D eigenvalue weighted by atomic mass is 9.77. The normalized spacial score (nSPS) is 73.6. The summed E-state index contributed by atoms with van der Waals surface area (Å²) >= 11 is 0. The zero-order valence-corrected chi connectivity index (χ0v) is 9.79. The molecule has 2 bridgehead atoms. The van der Waals surface area contributed by atoms with E-state index in [4.69, 9.17) is 0 Å². The predicted molar refractivity (Wildman–Crippen MR) is 59.4 cm³/mol. The van der Waals surface area contributed by atoms with Crippen molar-refractivity contribution in [2.45, 2.75) is 51.6 Å². The predicted octanol–water partition coefficient (Wildman–Crippen LogP) is 2.42. The first kappa shape index (κ1) is 8.11. The summed E-state index contributed by atoms with van der Waals surface area (Å²) in [5.41, 5.74) is 1.65. The van der Waals surface area contributed by atoms with Gasteiger partial charge in [-0.2, -0.15) is 0 Å². The van der Waals surface area contributed by atoms with E-state index < -0.39 is 0 Å². The average molecular weight is 203 g/mol. The quantitative estimate of drug-likeness (QED) is 0.727. The molecule has 1 heterocycles.